The van der Waals surface area contributed by atoms with Crippen molar-refractivity contribution in [1.82, 2.24) is 24.8 Å². The quantitative estimate of drug-likeness (QED) is 0.532. The van der Waals surface area contributed by atoms with Crippen LogP contribution in [0.25, 0.3) is 11.2 Å². The molecule has 1 aliphatic rings. The van der Waals surface area contributed by atoms with E-state index in [2.05, 4.69) is 20.3 Å². The van der Waals surface area contributed by atoms with E-state index in [0.29, 0.717) is 23.5 Å². The lowest BCUT2D eigenvalue weighted by Crippen LogP contribution is -2.42. The molecule has 10 nitrogen and oxygen atoms in total. The first-order chi connectivity index (χ1) is 10.9. The van der Waals surface area contributed by atoms with E-state index in [0.717, 1.165) is 0 Å². The van der Waals surface area contributed by atoms with Crippen molar-refractivity contribution in [2.24, 2.45) is 0 Å². The smallest absolute Gasteiger partial charge is 0.252 e. The Morgan fingerprint density at radius 2 is 2.17 bits per heavy atom. The number of carbonyl (C=O) groups excluding carboxylic acids is 1. The van der Waals surface area contributed by atoms with Crippen LogP contribution in [0.4, 0.5) is 5.82 Å². The molecule has 2 aromatic rings. The standard InChI is InChI=1S/C13H18N6O4/c1-3-15-12(22)9-7(20)8(21)13(23-9)19-4-16-6-10(14)17-5(2)18-11(6)19/h4,7-9,13,20-21H,3H2,1-2H3,(H,15,22)(H2,14,17,18). The fourth-order valence-electron chi connectivity index (χ4n) is 2.62. The van der Waals surface area contributed by atoms with Crippen LogP contribution in [0.15, 0.2) is 6.33 Å². The zero-order valence-corrected chi connectivity index (χ0v) is 12.7. The number of likely N-dealkylation sites (N-methyl/N-ethyl adjacent to an activating group) is 1. The number of hydrogen-bond donors (Lipinski definition) is 4. The monoisotopic (exact) mass is 322 g/mol. The normalized spacial score (nSPS) is 27.5. The molecule has 0 saturated carbocycles. The second kappa shape index (κ2) is 5.72. The number of nitrogens with zero attached hydrogens (tertiary/aromatic N) is 4. The fourth-order valence-corrected chi connectivity index (χ4v) is 2.62. The average Bonchev–Trinajstić information content (AvgIpc) is 3.02. The molecule has 10 heteroatoms. The number of carbonyl (C=O) groups is 1. The first-order valence-corrected chi connectivity index (χ1v) is 7.20. The highest BCUT2D eigenvalue weighted by Crippen LogP contribution is 2.32. The molecule has 4 atom stereocenters. The molecule has 3 heterocycles. The Labute approximate surface area is 131 Å². The Morgan fingerprint density at radius 1 is 1.43 bits per heavy atom. The number of anilines is 1. The molecule has 1 saturated heterocycles. The van der Waals surface area contributed by atoms with E-state index in [1.54, 1.807) is 13.8 Å². The number of nitrogen functional groups attached to an aromatic ring is 1. The molecule has 5 N–H and O–H groups in total. The Kier molecular flexibility index (Phi) is 3.88. The van der Waals surface area contributed by atoms with E-state index in [4.69, 9.17) is 10.5 Å². The third-order valence-corrected chi connectivity index (χ3v) is 3.68. The van der Waals surface area contributed by atoms with E-state index in [1.165, 1.54) is 10.9 Å². The molecule has 124 valence electrons. The third kappa shape index (κ3) is 2.50. The summed E-state index contributed by atoms with van der Waals surface area (Å²) in [6, 6.07) is 0. The fraction of sp³-hybridized carbons (Fsp3) is 0.538. The number of fused-ring (bicyclic) bond motifs is 1. The molecule has 0 radical (unpaired) electrons. The summed E-state index contributed by atoms with van der Waals surface area (Å²) in [5.74, 6) is 0.154. The van der Waals surface area contributed by atoms with Gasteiger partial charge in [-0.05, 0) is 13.8 Å². The average molecular weight is 322 g/mol. The van der Waals surface area contributed by atoms with Gasteiger partial charge in [0.25, 0.3) is 5.91 Å². The summed E-state index contributed by atoms with van der Waals surface area (Å²) in [5.41, 5.74) is 6.53. The summed E-state index contributed by atoms with van der Waals surface area (Å²) in [6.07, 6.45) is -3.46. The van der Waals surface area contributed by atoms with Crippen LogP contribution in [0.3, 0.4) is 0 Å². The maximum Gasteiger partial charge on any atom is 0.252 e. The molecule has 1 aliphatic heterocycles. The highest BCUT2D eigenvalue weighted by atomic mass is 16.6. The van der Waals surface area contributed by atoms with Gasteiger partial charge in [0.2, 0.25) is 0 Å². The SMILES string of the molecule is CCNC(=O)C1OC(n2cnc3c(N)nc(C)nc32)C(O)C1O. The predicted molar refractivity (Wildman–Crippen MR) is 79.1 cm³/mol. The summed E-state index contributed by atoms with van der Waals surface area (Å²) >= 11 is 0. The number of aryl methyl sites for hydroxylation is 1. The van der Waals surface area contributed by atoms with Gasteiger partial charge in [0.1, 0.15) is 23.5 Å². The first-order valence-electron chi connectivity index (χ1n) is 7.20. The third-order valence-electron chi connectivity index (χ3n) is 3.68. The zero-order chi connectivity index (χ0) is 16.7. The van der Waals surface area contributed by atoms with Crippen molar-refractivity contribution >= 4 is 22.9 Å². The molecule has 0 aromatic carbocycles. The Morgan fingerprint density at radius 3 is 2.87 bits per heavy atom. The van der Waals surface area contributed by atoms with E-state index >= 15 is 0 Å². The minimum atomic E-state index is -1.36. The van der Waals surface area contributed by atoms with E-state index in [-0.39, 0.29) is 5.82 Å². The molecule has 4 unspecified atom stereocenters. The number of hydrogen-bond acceptors (Lipinski definition) is 8. The van der Waals surface area contributed by atoms with Gasteiger partial charge >= 0.3 is 0 Å². The second-order valence-corrected chi connectivity index (χ2v) is 5.30. The van der Waals surface area contributed by atoms with Gasteiger partial charge in [-0.3, -0.25) is 9.36 Å². The van der Waals surface area contributed by atoms with Crippen molar-refractivity contribution in [3.8, 4) is 0 Å². The largest absolute Gasteiger partial charge is 0.387 e. The van der Waals surface area contributed by atoms with Crippen LogP contribution in [-0.2, 0) is 9.53 Å². The Hall–Kier alpha value is -2.30. The molecule has 1 amide bonds. The molecular weight excluding hydrogens is 304 g/mol. The summed E-state index contributed by atoms with van der Waals surface area (Å²) in [4.78, 5) is 24.3. The van der Waals surface area contributed by atoms with Crippen molar-refractivity contribution in [3.63, 3.8) is 0 Å². The topological polar surface area (TPSA) is 148 Å². The number of rotatable bonds is 3. The number of ether oxygens (including phenoxy) is 1. The summed E-state index contributed by atoms with van der Waals surface area (Å²) in [7, 11) is 0. The number of aromatic nitrogens is 4. The summed E-state index contributed by atoms with van der Waals surface area (Å²) in [6.45, 7) is 3.81. The molecule has 23 heavy (non-hydrogen) atoms. The Balaban J connectivity index is 1.98. The lowest BCUT2D eigenvalue weighted by atomic mass is 10.1. The number of imidazole rings is 1. The lowest BCUT2D eigenvalue weighted by molar-refractivity contribution is -0.137. The number of nitrogens with two attached hydrogens (primary N) is 1. The molecule has 0 spiro atoms. The van der Waals surface area contributed by atoms with Crippen molar-refractivity contribution in [3.05, 3.63) is 12.2 Å². The summed E-state index contributed by atoms with van der Waals surface area (Å²) < 4.78 is 6.98. The molecule has 3 rings (SSSR count). The van der Waals surface area contributed by atoms with Crippen LogP contribution < -0.4 is 11.1 Å². The zero-order valence-electron chi connectivity index (χ0n) is 12.7. The number of aliphatic hydroxyl groups is 2. The van der Waals surface area contributed by atoms with E-state index in [1.807, 2.05) is 0 Å². The summed E-state index contributed by atoms with van der Waals surface area (Å²) in [5, 5.41) is 22.9. The number of amides is 1. The van der Waals surface area contributed by atoms with Gasteiger partial charge in [-0.25, -0.2) is 15.0 Å². The minimum Gasteiger partial charge on any atom is -0.387 e. The minimum absolute atomic E-state index is 0.208. The lowest BCUT2D eigenvalue weighted by Gasteiger charge is -2.16. The van der Waals surface area contributed by atoms with Crippen molar-refractivity contribution in [2.45, 2.75) is 38.4 Å². The van der Waals surface area contributed by atoms with Crippen LogP contribution in [0.5, 0.6) is 0 Å². The molecule has 0 aliphatic carbocycles. The number of aliphatic hydroxyl groups excluding tert-OH is 2. The maximum absolute atomic E-state index is 11.9. The van der Waals surface area contributed by atoms with Gasteiger partial charge in [0.05, 0.1) is 6.33 Å². The van der Waals surface area contributed by atoms with Gasteiger partial charge in [0.15, 0.2) is 23.8 Å². The highest BCUT2D eigenvalue weighted by molar-refractivity contribution is 5.83. The van der Waals surface area contributed by atoms with E-state index < -0.39 is 30.4 Å². The van der Waals surface area contributed by atoms with E-state index in [9.17, 15) is 15.0 Å². The maximum atomic E-state index is 11.9. The van der Waals surface area contributed by atoms with Crippen LogP contribution in [0, 0.1) is 6.92 Å². The van der Waals surface area contributed by atoms with Crippen LogP contribution in [0.2, 0.25) is 0 Å². The Bertz CT molecular complexity index is 747. The highest BCUT2D eigenvalue weighted by Gasteiger charge is 2.47. The van der Waals surface area contributed by atoms with Gasteiger partial charge in [-0.2, -0.15) is 0 Å². The molecular formula is C13H18N6O4. The van der Waals surface area contributed by atoms with Crippen molar-refractivity contribution in [1.29, 1.82) is 0 Å². The van der Waals surface area contributed by atoms with Crippen LogP contribution >= 0.6 is 0 Å². The predicted octanol–water partition coefficient (Wildman–Crippen LogP) is -1.53. The van der Waals surface area contributed by atoms with Gasteiger partial charge in [-0.15, -0.1) is 0 Å². The van der Waals surface area contributed by atoms with Crippen molar-refractivity contribution < 1.29 is 19.7 Å². The molecule has 2 aromatic heterocycles. The first kappa shape index (κ1) is 15.6. The van der Waals surface area contributed by atoms with Gasteiger partial charge < -0.3 is 26.0 Å². The van der Waals surface area contributed by atoms with Gasteiger partial charge in [0, 0.05) is 6.54 Å². The second-order valence-electron chi connectivity index (χ2n) is 5.30. The number of nitrogens with one attached hydrogen (secondary N) is 1. The molecule has 1 fully saturated rings. The molecule has 0 bridgehead atoms. The van der Waals surface area contributed by atoms with Crippen LogP contribution in [0.1, 0.15) is 19.0 Å². The van der Waals surface area contributed by atoms with Crippen LogP contribution in [-0.4, -0.2) is 60.5 Å². The van der Waals surface area contributed by atoms with Crippen molar-refractivity contribution in [2.75, 3.05) is 12.3 Å². The van der Waals surface area contributed by atoms with Gasteiger partial charge in [-0.1, -0.05) is 0 Å².